The number of hydrogen-bond acceptors (Lipinski definition) is 3. The number of β-amino-alcohol motifs (C(OH)–C–C–N with tert-alkyl or cyclic N) is 1. The Hall–Kier alpha value is -1.14. The molecule has 1 N–H and O–H groups in total. The second kappa shape index (κ2) is 5.57. The third kappa shape index (κ3) is 4.41. The smallest absolute Gasteiger partial charge is 0.410 e. The molecule has 0 aromatic heterocycles. The number of nitrogens with zero attached hydrogens (tertiary/aromatic N) is 1. The Morgan fingerprint density at radius 1 is 1.43 bits per heavy atom. The van der Waals surface area contributed by atoms with Gasteiger partial charge in [-0.3, -0.25) is 0 Å². The van der Waals surface area contributed by atoms with Crippen molar-refractivity contribution >= 4 is 22.0 Å². The Labute approximate surface area is 132 Å². The molecular weight excluding hydrogens is 341 g/mol. The topological polar surface area (TPSA) is 49.8 Å². The Morgan fingerprint density at radius 3 is 2.57 bits per heavy atom. The Morgan fingerprint density at radius 2 is 2.05 bits per heavy atom. The van der Waals surface area contributed by atoms with Gasteiger partial charge in [0.05, 0.1) is 13.1 Å². The second-order valence-electron chi connectivity index (χ2n) is 6.52. The molecule has 0 saturated carbocycles. The molecule has 116 valence electrons. The van der Waals surface area contributed by atoms with E-state index in [-0.39, 0.29) is 18.9 Å². The summed E-state index contributed by atoms with van der Waals surface area (Å²) in [6, 6.07) is 4.51. The predicted molar refractivity (Wildman–Crippen MR) is 80.6 cm³/mol. The van der Waals surface area contributed by atoms with E-state index in [1.807, 2.05) is 0 Å². The van der Waals surface area contributed by atoms with Crippen molar-refractivity contribution in [2.24, 2.45) is 0 Å². The quantitative estimate of drug-likeness (QED) is 0.882. The zero-order valence-corrected chi connectivity index (χ0v) is 13.9. The van der Waals surface area contributed by atoms with E-state index in [2.05, 4.69) is 15.9 Å². The van der Waals surface area contributed by atoms with E-state index >= 15 is 0 Å². The lowest BCUT2D eigenvalue weighted by molar-refractivity contribution is -0.0973. The van der Waals surface area contributed by atoms with Crippen molar-refractivity contribution in [3.8, 4) is 0 Å². The van der Waals surface area contributed by atoms with Gasteiger partial charge in [-0.2, -0.15) is 0 Å². The standard InChI is InChI=1S/C15H19BrFNO3/c1-14(2,3)21-13(19)18-8-15(20,9-18)7-10-4-11(16)6-12(17)5-10/h4-6,20H,7-9H2,1-3H3. The first-order valence-corrected chi connectivity index (χ1v) is 7.51. The molecule has 1 saturated heterocycles. The zero-order chi connectivity index (χ0) is 15.8. The van der Waals surface area contributed by atoms with Gasteiger partial charge in [0.2, 0.25) is 0 Å². The van der Waals surface area contributed by atoms with Crippen molar-refractivity contribution in [3.05, 3.63) is 34.1 Å². The lowest BCUT2D eigenvalue weighted by atomic mass is 9.87. The lowest BCUT2D eigenvalue weighted by Crippen LogP contribution is -2.65. The summed E-state index contributed by atoms with van der Waals surface area (Å²) < 4.78 is 19.2. The number of carbonyl (C=O) groups excluding carboxylic acids is 1. The first-order valence-electron chi connectivity index (χ1n) is 6.72. The largest absolute Gasteiger partial charge is 0.444 e. The second-order valence-corrected chi connectivity index (χ2v) is 7.43. The summed E-state index contributed by atoms with van der Waals surface area (Å²) in [5.41, 5.74) is -0.893. The predicted octanol–water partition coefficient (Wildman–Crippen LogP) is 3.11. The van der Waals surface area contributed by atoms with Crippen LogP contribution in [0.4, 0.5) is 9.18 Å². The Balaban J connectivity index is 1.94. The molecule has 1 fully saturated rings. The van der Waals surface area contributed by atoms with Crippen LogP contribution >= 0.6 is 15.9 Å². The monoisotopic (exact) mass is 359 g/mol. The third-order valence-corrected chi connectivity index (χ3v) is 3.54. The van der Waals surface area contributed by atoms with Gasteiger partial charge < -0.3 is 14.7 Å². The van der Waals surface area contributed by atoms with E-state index in [9.17, 15) is 14.3 Å². The van der Waals surface area contributed by atoms with Crippen molar-refractivity contribution in [1.29, 1.82) is 0 Å². The maximum absolute atomic E-state index is 13.3. The van der Waals surface area contributed by atoms with E-state index in [1.165, 1.54) is 17.0 Å². The van der Waals surface area contributed by atoms with Crippen molar-refractivity contribution in [1.82, 2.24) is 4.90 Å². The Bertz CT molecular complexity index is 530. The lowest BCUT2D eigenvalue weighted by Gasteiger charge is -2.46. The molecule has 6 heteroatoms. The normalized spacial score (nSPS) is 17.3. The van der Waals surface area contributed by atoms with E-state index in [1.54, 1.807) is 26.8 Å². The molecule has 1 aliphatic rings. The van der Waals surface area contributed by atoms with Crippen LogP contribution in [-0.2, 0) is 11.2 Å². The molecular formula is C15H19BrFNO3. The van der Waals surface area contributed by atoms with Crippen LogP contribution in [0.5, 0.6) is 0 Å². The van der Waals surface area contributed by atoms with Crippen LogP contribution in [0, 0.1) is 5.82 Å². The molecule has 1 aromatic rings. The number of aliphatic hydroxyl groups is 1. The van der Waals surface area contributed by atoms with Gasteiger partial charge in [0.1, 0.15) is 17.0 Å². The highest BCUT2D eigenvalue weighted by Crippen LogP contribution is 2.28. The number of amides is 1. The fourth-order valence-electron chi connectivity index (χ4n) is 2.32. The summed E-state index contributed by atoms with van der Waals surface area (Å²) in [5.74, 6) is -0.355. The maximum atomic E-state index is 13.3. The molecule has 0 radical (unpaired) electrons. The van der Waals surface area contributed by atoms with Crippen molar-refractivity contribution in [2.45, 2.75) is 38.4 Å². The molecule has 4 nitrogen and oxygen atoms in total. The molecule has 1 aromatic carbocycles. The molecule has 21 heavy (non-hydrogen) atoms. The molecule has 1 aliphatic heterocycles. The van der Waals surface area contributed by atoms with Crippen molar-refractivity contribution < 1.29 is 19.0 Å². The molecule has 0 aliphatic carbocycles. The third-order valence-electron chi connectivity index (χ3n) is 3.08. The average molecular weight is 360 g/mol. The first-order chi connectivity index (χ1) is 9.56. The van der Waals surface area contributed by atoms with Crippen molar-refractivity contribution in [2.75, 3.05) is 13.1 Å². The molecule has 0 spiro atoms. The van der Waals surface area contributed by atoms with E-state index in [0.29, 0.717) is 16.5 Å². The molecule has 2 rings (SSSR count). The van der Waals surface area contributed by atoms with Gasteiger partial charge in [0, 0.05) is 10.9 Å². The summed E-state index contributed by atoms with van der Waals surface area (Å²) in [6.45, 7) is 5.76. The minimum atomic E-state index is -1.02. The summed E-state index contributed by atoms with van der Waals surface area (Å²) in [6.07, 6.45) is -0.143. The number of ether oxygens (including phenoxy) is 1. The van der Waals surface area contributed by atoms with Crippen LogP contribution < -0.4 is 0 Å². The van der Waals surface area contributed by atoms with E-state index in [4.69, 9.17) is 4.74 Å². The van der Waals surface area contributed by atoms with Gasteiger partial charge in [-0.1, -0.05) is 15.9 Å². The Kier molecular flexibility index (Phi) is 4.31. The molecule has 0 bridgehead atoms. The summed E-state index contributed by atoms with van der Waals surface area (Å²) >= 11 is 3.22. The number of halogens is 2. The van der Waals surface area contributed by atoms with Gasteiger partial charge in [-0.05, 0) is 44.5 Å². The van der Waals surface area contributed by atoms with Gasteiger partial charge in [0.25, 0.3) is 0 Å². The maximum Gasteiger partial charge on any atom is 0.410 e. The number of hydrogen-bond donors (Lipinski definition) is 1. The fourth-order valence-corrected chi connectivity index (χ4v) is 2.84. The molecule has 1 amide bonds. The molecule has 1 heterocycles. The van der Waals surface area contributed by atoms with Crippen LogP contribution in [0.2, 0.25) is 0 Å². The first kappa shape index (κ1) is 16.2. The highest BCUT2D eigenvalue weighted by molar-refractivity contribution is 9.10. The van der Waals surface area contributed by atoms with E-state index in [0.717, 1.165) is 0 Å². The van der Waals surface area contributed by atoms with Crippen LogP contribution in [0.3, 0.4) is 0 Å². The summed E-state index contributed by atoms with van der Waals surface area (Å²) in [4.78, 5) is 13.3. The SMILES string of the molecule is CC(C)(C)OC(=O)N1CC(O)(Cc2cc(F)cc(Br)c2)C1. The fraction of sp³-hybridized carbons (Fsp3) is 0.533. The zero-order valence-electron chi connectivity index (χ0n) is 12.3. The summed E-state index contributed by atoms with van der Waals surface area (Å²) in [5, 5.41) is 10.4. The highest BCUT2D eigenvalue weighted by Gasteiger charge is 2.45. The average Bonchev–Trinajstić information content (AvgIpc) is 2.21. The highest BCUT2D eigenvalue weighted by atomic mass is 79.9. The van der Waals surface area contributed by atoms with Gasteiger partial charge in [-0.15, -0.1) is 0 Å². The minimum absolute atomic E-state index is 0.191. The minimum Gasteiger partial charge on any atom is -0.444 e. The van der Waals surface area contributed by atoms with Crippen LogP contribution in [0.25, 0.3) is 0 Å². The van der Waals surface area contributed by atoms with Crippen molar-refractivity contribution in [3.63, 3.8) is 0 Å². The molecule has 0 unspecified atom stereocenters. The molecule has 0 atom stereocenters. The van der Waals surface area contributed by atoms with Crippen LogP contribution in [0.1, 0.15) is 26.3 Å². The number of carbonyl (C=O) groups is 1. The van der Waals surface area contributed by atoms with Gasteiger partial charge in [-0.25, -0.2) is 9.18 Å². The van der Waals surface area contributed by atoms with Crippen LogP contribution in [0.15, 0.2) is 22.7 Å². The number of likely N-dealkylation sites (tertiary alicyclic amines) is 1. The number of benzene rings is 1. The van der Waals surface area contributed by atoms with Crippen LogP contribution in [-0.4, -0.2) is 40.4 Å². The van der Waals surface area contributed by atoms with E-state index < -0.39 is 17.3 Å². The number of rotatable bonds is 2. The van der Waals surface area contributed by atoms with Gasteiger partial charge >= 0.3 is 6.09 Å². The van der Waals surface area contributed by atoms with Gasteiger partial charge in [0.15, 0.2) is 0 Å². The summed E-state index contributed by atoms with van der Waals surface area (Å²) in [7, 11) is 0.